The number of aromatic nitrogens is 4. The van der Waals surface area contributed by atoms with Crippen molar-refractivity contribution in [1.29, 1.82) is 0 Å². The fourth-order valence-corrected chi connectivity index (χ4v) is 2.25. The normalized spacial score (nSPS) is 10.9. The summed E-state index contributed by atoms with van der Waals surface area (Å²) in [7, 11) is 0. The van der Waals surface area contributed by atoms with Crippen molar-refractivity contribution in [2.24, 2.45) is 0 Å². The Kier molecular flexibility index (Phi) is 2.98. The van der Waals surface area contributed by atoms with E-state index in [9.17, 15) is 4.79 Å². The lowest BCUT2D eigenvalue weighted by atomic mass is 10.3. The minimum absolute atomic E-state index is 0.220. The van der Waals surface area contributed by atoms with Gasteiger partial charge in [0.2, 0.25) is 0 Å². The van der Waals surface area contributed by atoms with Crippen LogP contribution < -0.4 is 10.3 Å². The number of aryl methyl sites for hydroxylation is 1. The van der Waals surface area contributed by atoms with Crippen LogP contribution in [-0.4, -0.2) is 26.1 Å². The average Bonchev–Trinajstić information content (AvgIpc) is 2.77. The molecular formula is C14H14N4O2. The van der Waals surface area contributed by atoms with Gasteiger partial charge in [0.15, 0.2) is 11.2 Å². The van der Waals surface area contributed by atoms with Gasteiger partial charge in [0.05, 0.1) is 18.6 Å². The third kappa shape index (κ3) is 1.85. The van der Waals surface area contributed by atoms with Gasteiger partial charge in [-0.25, -0.2) is 9.97 Å². The quantitative estimate of drug-likeness (QED) is 0.787. The lowest BCUT2D eigenvalue weighted by Gasteiger charge is -2.12. The van der Waals surface area contributed by atoms with E-state index in [1.54, 1.807) is 4.57 Å². The molecule has 1 aromatic carbocycles. The molecule has 2 heterocycles. The van der Waals surface area contributed by atoms with Gasteiger partial charge in [-0.2, -0.15) is 0 Å². The molecule has 3 rings (SSSR count). The minimum atomic E-state index is -0.220. The van der Waals surface area contributed by atoms with Crippen LogP contribution in [0.15, 0.2) is 35.4 Å². The van der Waals surface area contributed by atoms with Crippen LogP contribution in [0.5, 0.6) is 5.75 Å². The van der Waals surface area contributed by atoms with Crippen molar-refractivity contribution in [2.75, 3.05) is 6.61 Å². The van der Waals surface area contributed by atoms with Crippen LogP contribution in [0.25, 0.3) is 16.9 Å². The van der Waals surface area contributed by atoms with E-state index in [0.29, 0.717) is 29.3 Å². The molecule has 0 aliphatic rings. The number of fused-ring (bicyclic) bond motifs is 1. The molecule has 0 saturated carbocycles. The molecule has 0 saturated heterocycles. The van der Waals surface area contributed by atoms with E-state index in [-0.39, 0.29) is 5.56 Å². The monoisotopic (exact) mass is 270 g/mol. The summed E-state index contributed by atoms with van der Waals surface area (Å²) in [6.45, 7) is 4.31. The third-order valence-corrected chi connectivity index (χ3v) is 3.03. The second kappa shape index (κ2) is 4.80. The van der Waals surface area contributed by atoms with E-state index in [2.05, 4.69) is 15.0 Å². The maximum atomic E-state index is 12.1. The maximum Gasteiger partial charge on any atom is 0.277 e. The molecule has 0 aliphatic carbocycles. The first-order chi connectivity index (χ1) is 9.72. The van der Waals surface area contributed by atoms with Gasteiger partial charge in [-0.15, -0.1) is 0 Å². The lowest BCUT2D eigenvalue weighted by molar-refractivity contribution is 0.339. The van der Waals surface area contributed by atoms with Crippen molar-refractivity contribution in [2.45, 2.75) is 13.8 Å². The van der Waals surface area contributed by atoms with Crippen LogP contribution in [-0.2, 0) is 0 Å². The molecule has 0 radical (unpaired) electrons. The molecular weight excluding hydrogens is 256 g/mol. The van der Waals surface area contributed by atoms with E-state index in [1.807, 2.05) is 38.1 Å². The molecule has 20 heavy (non-hydrogen) atoms. The number of imidazole rings is 1. The standard InChI is InChI=1S/C14H14N4O2/c1-3-20-11-7-5-4-6-10(11)18-9(2)17-13-12(18)14(19)16-8-15-13/h4-8H,3H2,1-2H3,(H,15,16,19). The Morgan fingerprint density at radius 3 is 2.95 bits per heavy atom. The van der Waals surface area contributed by atoms with Gasteiger partial charge in [-0.05, 0) is 26.0 Å². The van der Waals surface area contributed by atoms with Crippen molar-refractivity contribution in [3.8, 4) is 11.4 Å². The number of para-hydroxylation sites is 2. The van der Waals surface area contributed by atoms with Crippen LogP contribution in [0.1, 0.15) is 12.7 Å². The van der Waals surface area contributed by atoms with Crippen molar-refractivity contribution >= 4 is 11.2 Å². The topological polar surface area (TPSA) is 72.8 Å². The summed E-state index contributed by atoms with van der Waals surface area (Å²) in [6.07, 6.45) is 1.36. The van der Waals surface area contributed by atoms with Crippen molar-refractivity contribution in [3.05, 3.63) is 46.8 Å². The number of nitrogens with one attached hydrogen (secondary N) is 1. The van der Waals surface area contributed by atoms with Gasteiger partial charge >= 0.3 is 0 Å². The summed E-state index contributed by atoms with van der Waals surface area (Å²) in [5.41, 5.74) is 1.42. The molecule has 0 aliphatic heterocycles. The van der Waals surface area contributed by atoms with Gasteiger partial charge in [0.1, 0.15) is 11.6 Å². The number of benzene rings is 1. The number of aromatic amines is 1. The fourth-order valence-electron chi connectivity index (χ4n) is 2.25. The Labute approximate surface area is 115 Å². The average molecular weight is 270 g/mol. The van der Waals surface area contributed by atoms with Gasteiger partial charge < -0.3 is 9.72 Å². The largest absolute Gasteiger partial charge is 0.492 e. The molecule has 6 heteroatoms. The zero-order chi connectivity index (χ0) is 14.1. The molecule has 0 fully saturated rings. The minimum Gasteiger partial charge on any atom is -0.492 e. The van der Waals surface area contributed by atoms with Crippen LogP contribution in [0.4, 0.5) is 0 Å². The molecule has 0 atom stereocenters. The van der Waals surface area contributed by atoms with Crippen LogP contribution >= 0.6 is 0 Å². The molecule has 1 N–H and O–H groups in total. The Morgan fingerprint density at radius 1 is 1.35 bits per heavy atom. The number of nitrogens with zero attached hydrogens (tertiary/aromatic N) is 3. The molecule has 102 valence electrons. The van der Waals surface area contributed by atoms with Crippen LogP contribution in [0.3, 0.4) is 0 Å². The predicted octanol–water partition coefficient (Wildman–Crippen LogP) is 1.82. The van der Waals surface area contributed by atoms with Gasteiger partial charge in [-0.3, -0.25) is 9.36 Å². The highest BCUT2D eigenvalue weighted by atomic mass is 16.5. The Bertz CT molecular complexity index is 819. The first-order valence-corrected chi connectivity index (χ1v) is 6.37. The highest BCUT2D eigenvalue weighted by Crippen LogP contribution is 2.26. The number of hydrogen-bond acceptors (Lipinski definition) is 4. The summed E-state index contributed by atoms with van der Waals surface area (Å²) >= 11 is 0. The molecule has 6 nitrogen and oxygen atoms in total. The summed E-state index contributed by atoms with van der Waals surface area (Å²) in [5, 5.41) is 0. The highest BCUT2D eigenvalue weighted by Gasteiger charge is 2.16. The third-order valence-electron chi connectivity index (χ3n) is 3.03. The van der Waals surface area contributed by atoms with E-state index in [0.717, 1.165) is 5.69 Å². The molecule has 0 spiro atoms. The Hall–Kier alpha value is -2.63. The van der Waals surface area contributed by atoms with E-state index >= 15 is 0 Å². The smallest absolute Gasteiger partial charge is 0.277 e. The fraction of sp³-hybridized carbons (Fsp3) is 0.214. The summed E-state index contributed by atoms with van der Waals surface area (Å²) in [6, 6.07) is 7.55. The molecule has 0 unspecified atom stereocenters. The molecule has 3 aromatic rings. The first-order valence-electron chi connectivity index (χ1n) is 6.37. The first kappa shape index (κ1) is 12.4. The van der Waals surface area contributed by atoms with Crippen molar-refractivity contribution < 1.29 is 4.74 Å². The Morgan fingerprint density at radius 2 is 2.15 bits per heavy atom. The number of H-pyrrole nitrogens is 1. The lowest BCUT2D eigenvalue weighted by Crippen LogP contribution is -2.11. The zero-order valence-electron chi connectivity index (χ0n) is 11.3. The number of rotatable bonds is 3. The second-order valence-electron chi connectivity index (χ2n) is 4.30. The van der Waals surface area contributed by atoms with Gasteiger partial charge in [0, 0.05) is 0 Å². The zero-order valence-corrected chi connectivity index (χ0v) is 11.3. The van der Waals surface area contributed by atoms with Gasteiger partial charge in [0.25, 0.3) is 5.56 Å². The van der Waals surface area contributed by atoms with Crippen molar-refractivity contribution in [3.63, 3.8) is 0 Å². The predicted molar refractivity (Wildman–Crippen MR) is 75.4 cm³/mol. The molecule has 0 amide bonds. The number of hydrogen-bond donors (Lipinski definition) is 1. The Balaban J connectivity index is 2.35. The van der Waals surface area contributed by atoms with Gasteiger partial charge in [-0.1, -0.05) is 12.1 Å². The summed E-state index contributed by atoms with van der Waals surface area (Å²) in [4.78, 5) is 23.1. The summed E-state index contributed by atoms with van der Waals surface area (Å²) in [5.74, 6) is 1.40. The number of ether oxygens (including phenoxy) is 1. The second-order valence-corrected chi connectivity index (χ2v) is 4.30. The van der Waals surface area contributed by atoms with E-state index in [1.165, 1.54) is 6.33 Å². The molecule has 0 bridgehead atoms. The highest BCUT2D eigenvalue weighted by molar-refractivity contribution is 5.74. The van der Waals surface area contributed by atoms with E-state index in [4.69, 9.17) is 4.74 Å². The summed E-state index contributed by atoms with van der Waals surface area (Å²) < 4.78 is 7.39. The van der Waals surface area contributed by atoms with E-state index < -0.39 is 0 Å². The van der Waals surface area contributed by atoms with Crippen LogP contribution in [0.2, 0.25) is 0 Å². The molecule has 2 aromatic heterocycles. The van der Waals surface area contributed by atoms with Crippen molar-refractivity contribution in [1.82, 2.24) is 19.5 Å². The van der Waals surface area contributed by atoms with Crippen LogP contribution in [0, 0.1) is 6.92 Å². The maximum absolute atomic E-state index is 12.1. The SMILES string of the molecule is CCOc1ccccc1-n1c(C)nc2nc[nH]c(=O)c21.